The van der Waals surface area contributed by atoms with Crippen LogP contribution in [0.3, 0.4) is 0 Å². The van der Waals surface area contributed by atoms with Gasteiger partial charge in [-0.25, -0.2) is 4.79 Å². The third-order valence-corrected chi connectivity index (χ3v) is 3.84. The number of carbonyl (C=O) groups is 1. The van der Waals surface area contributed by atoms with Crippen LogP contribution in [0.2, 0.25) is 5.02 Å². The van der Waals surface area contributed by atoms with Gasteiger partial charge in [0.2, 0.25) is 0 Å². The maximum Gasteiger partial charge on any atom is 0.407 e. The van der Waals surface area contributed by atoms with Gasteiger partial charge in [0.25, 0.3) is 0 Å². The first kappa shape index (κ1) is 17.3. The second-order valence-corrected chi connectivity index (χ2v) is 5.69. The second-order valence-electron chi connectivity index (χ2n) is 5.29. The van der Waals surface area contributed by atoms with Crippen LogP contribution >= 0.6 is 11.6 Å². The van der Waals surface area contributed by atoms with E-state index in [9.17, 15) is 9.90 Å². The number of hydrogen-bond acceptors (Lipinski definition) is 3. The molecular weight excluding hydrogens is 314 g/mol. The third kappa shape index (κ3) is 5.93. The molecule has 5 heteroatoms. The summed E-state index contributed by atoms with van der Waals surface area (Å²) in [6.45, 7) is 0.514. The number of alkyl carbamates (subject to hydrolysis) is 1. The number of rotatable bonds is 7. The van der Waals surface area contributed by atoms with Crippen molar-refractivity contribution in [2.24, 2.45) is 5.92 Å². The summed E-state index contributed by atoms with van der Waals surface area (Å²) in [6.07, 6.45) is 0.0984. The van der Waals surface area contributed by atoms with Gasteiger partial charge in [0.05, 0.1) is 0 Å². The Bertz CT molecular complexity index is 619. The van der Waals surface area contributed by atoms with Crippen LogP contribution < -0.4 is 5.32 Å². The number of benzene rings is 2. The molecule has 0 saturated carbocycles. The van der Waals surface area contributed by atoms with E-state index in [0.717, 1.165) is 11.1 Å². The van der Waals surface area contributed by atoms with Gasteiger partial charge in [0, 0.05) is 24.1 Å². The molecule has 0 fully saturated rings. The summed E-state index contributed by atoms with van der Waals surface area (Å²) in [5.41, 5.74) is 1.88. The topological polar surface area (TPSA) is 58.6 Å². The zero-order chi connectivity index (χ0) is 16.5. The average Bonchev–Trinajstić information content (AvgIpc) is 2.59. The number of halogens is 1. The molecule has 2 rings (SSSR count). The van der Waals surface area contributed by atoms with Crippen LogP contribution in [0.4, 0.5) is 4.79 Å². The van der Waals surface area contributed by atoms with Gasteiger partial charge < -0.3 is 15.2 Å². The van der Waals surface area contributed by atoms with E-state index in [2.05, 4.69) is 5.32 Å². The van der Waals surface area contributed by atoms with Crippen molar-refractivity contribution in [1.29, 1.82) is 0 Å². The zero-order valence-corrected chi connectivity index (χ0v) is 13.5. The number of aliphatic hydroxyl groups excluding tert-OH is 1. The molecule has 0 aliphatic carbocycles. The fourth-order valence-electron chi connectivity index (χ4n) is 2.18. The van der Waals surface area contributed by atoms with Crippen LogP contribution in [0.15, 0.2) is 54.6 Å². The van der Waals surface area contributed by atoms with Gasteiger partial charge in [-0.1, -0.05) is 60.1 Å². The number of carbonyl (C=O) groups excluding carboxylic acids is 1. The largest absolute Gasteiger partial charge is 0.445 e. The smallest absolute Gasteiger partial charge is 0.407 e. The summed E-state index contributed by atoms with van der Waals surface area (Å²) in [5.74, 6) is -0.112. The van der Waals surface area contributed by atoms with Gasteiger partial charge in [0.1, 0.15) is 6.61 Å². The van der Waals surface area contributed by atoms with E-state index in [4.69, 9.17) is 16.3 Å². The molecule has 2 N–H and O–H groups in total. The van der Waals surface area contributed by atoms with Crippen LogP contribution in [0.1, 0.15) is 11.1 Å². The molecule has 2 aromatic carbocycles. The third-order valence-electron chi connectivity index (χ3n) is 3.47. The van der Waals surface area contributed by atoms with Crippen LogP contribution in [0.25, 0.3) is 0 Å². The Kier molecular flexibility index (Phi) is 6.91. The maximum absolute atomic E-state index is 11.7. The lowest BCUT2D eigenvalue weighted by atomic mass is 10.00. The second kappa shape index (κ2) is 9.18. The summed E-state index contributed by atoms with van der Waals surface area (Å²) < 4.78 is 5.14. The van der Waals surface area contributed by atoms with Crippen LogP contribution in [0.5, 0.6) is 0 Å². The maximum atomic E-state index is 11.7. The molecule has 2 aromatic rings. The van der Waals surface area contributed by atoms with E-state index >= 15 is 0 Å². The van der Waals surface area contributed by atoms with Crippen molar-refractivity contribution in [2.75, 3.05) is 13.2 Å². The minimum atomic E-state index is -0.494. The molecular formula is C18H20ClNO3. The molecule has 0 aliphatic rings. The Hall–Kier alpha value is -2.04. The number of amides is 1. The monoisotopic (exact) mass is 333 g/mol. The molecule has 0 spiro atoms. The summed E-state index contributed by atoms with van der Waals surface area (Å²) >= 11 is 6.11. The zero-order valence-electron chi connectivity index (χ0n) is 12.7. The van der Waals surface area contributed by atoms with Gasteiger partial charge in [0.15, 0.2) is 0 Å². The molecule has 1 amide bonds. The van der Waals surface area contributed by atoms with Gasteiger partial charge in [-0.3, -0.25) is 0 Å². The highest BCUT2D eigenvalue weighted by atomic mass is 35.5. The van der Waals surface area contributed by atoms with Crippen molar-refractivity contribution in [3.63, 3.8) is 0 Å². The van der Waals surface area contributed by atoms with E-state index in [0.29, 0.717) is 18.0 Å². The van der Waals surface area contributed by atoms with Crippen molar-refractivity contribution < 1.29 is 14.6 Å². The Morgan fingerprint density at radius 3 is 2.52 bits per heavy atom. The molecule has 122 valence electrons. The Morgan fingerprint density at radius 2 is 1.83 bits per heavy atom. The SMILES string of the molecule is O=C(NCC(CO)Cc1ccccc1Cl)OCc1ccccc1. The van der Waals surface area contributed by atoms with Gasteiger partial charge in [-0.15, -0.1) is 0 Å². The molecule has 0 bridgehead atoms. The number of hydrogen-bond donors (Lipinski definition) is 2. The van der Waals surface area contributed by atoms with Crippen molar-refractivity contribution in [3.05, 3.63) is 70.7 Å². The minimum Gasteiger partial charge on any atom is -0.445 e. The Labute approximate surface area is 141 Å². The molecule has 0 heterocycles. The molecule has 0 aromatic heterocycles. The quantitative estimate of drug-likeness (QED) is 0.816. The molecule has 1 unspecified atom stereocenters. The lowest BCUT2D eigenvalue weighted by Crippen LogP contribution is -2.32. The first-order chi connectivity index (χ1) is 11.2. The fraction of sp³-hybridized carbons (Fsp3) is 0.278. The van der Waals surface area contributed by atoms with Crippen molar-refractivity contribution in [2.45, 2.75) is 13.0 Å². The molecule has 23 heavy (non-hydrogen) atoms. The Morgan fingerprint density at radius 1 is 1.13 bits per heavy atom. The van der Waals surface area contributed by atoms with Crippen LogP contribution in [-0.2, 0) is 17.8 Å². The fourth-order valence-corrected chi connectivity index (χ4v) is 2.39. The predicted octanol–water partition coefficient (Wildman–Crippen LogP) is 3.42. The minimum absolute atomic E-state index is 0.0375. The van der Waals surface area contributed by atoms with Crippen LogP contribution in [0, 0.1) is 5.92 Å². The van der Waals surface area contributed by atoms with E-state index in [1.165, 1.54) is 0 Å². The average molecular weight is 334 g/mol. The lowest BCUT2D eigenvalue weighted by molar-refractivity contribution is 0.135. The van der Waals surface area contributed by atoms with Crippen LogP contribution in [-0.4, -0.2) is 24.4 Å². The van der Waals surface area contributed by atoms with E-state index in [-0.39, 0.29) is 19.1 Å². The highest BCUT2D eigenvalue weighted by molar-refractivity contribution is 6.31. The summed E-state index contributed by atoms with van der Waals surface area (Å²) in [5, 5.41) is 12.8. The predicted molar refractivity (Wildman–Crippen MR) is 90.4 cm³/mol. The number of nitrogens with one attached hydrogen (secondary N) is 1. The van der Waals surface area contributed by atoms with Gasteiger partial charge in [-0.2, -0.15) is 0 Å². The summed E-state index contributed by atoms with van der Waals surface area (Å²) in [7, 11) is 0. The molecule has 0 radical (unpaired) electrons. The number of aliphatic hydroxyl groups is 1. The normalized spacial score (nSPS) is 11.7. The van der Waals surface area contributed by atoms with Crippen molar-refractivity contribution >= 4 is 17.7 Å². The van der Waals surface area contributed by atoms with E-state index in [1.807, 2.05) is 54.6 Å². The molecule has 0 saturated heterocycles. The van der Waals surface area contributed by atoms with Gasteiger partial charge >= 0.3 is 6.09 Å². The standard InChI is InChI=1S/C18H20ClNO3/c19-17-9-5-4-8-16(17)10-15(12-21)11-20-18(22)23-13-14-6-2-1-3-7-14/h1-9,15,21H,10-13H2,(H,20,22). The van der Waals surface area contributed by atoms with E-state index in [1.54, 1.807) is 0 Å². The highest BCUT2D eigenvalue weighted by Crippen LogP contribution is 2.18. The van der Waals surface area contributed by atoms with Gasteiger partial charge in [-0.05, 0) is 23.6 Å². The van der Waals surface area contributed by atoms with E-state index < -0.39 is 6.09 Å². The molecule has 0 aliphatic heterocycles. The first-order valence-electron chi connectivity index (χ1n) is 7.48. The highest BCUT2D eigenvalue weighted by Gasteiger charge is 2.13. The molecule has 4 nitrogen and oxygen atoms in total. The van der Waals surface area contributed by atoms with Crippen molar-refractivity contribution in [3.8, 4) is 0 Å². The lowest BCUT2D eigenvalue weighted by Gasteiger charge is -2.16. The first-order valence-corrected chi connectivity index (χ1v) is 7.85. The van der Waals surface area contributed by atoms with Crippen molar-refractivity contribution in [1.82, 2.24) is 5.32 Å². The number of ether oxygens (including phenoxy) is 1. The Balaban J connectivity index is 1.76. The summed E-state index contributed by atoms with van der Waals surface area (Å²) in [4.78, 5) is 11.7. The summed E-state index contributed by atoms with van der Waals surface area (Å²) in [6, 6.07) is 17.0. The molecule has 1 atom stereocenters.